The summed E-state index contributed by atoms with van der Waals surface area (Å²) in [6.07, 6.45) is 0. The molecule has 0 spiro atoms. The van der Waals surface area contributed by atoms with E-state index in [4.69, 9.17) is 9.47 Å². The molecule has 0 aliphatic rings. The third-order valence-electron chi connectivity index (χ3n) is 3.56. The second kappa shape index (κ2) is 9.71. The lowest BCUT2D eigenvalue weighted by Crippen LogP contribution is -2.35. The Morgan fingerprint density at radius 3 is 2.03 bits per heavy atom. The number of ether oxygens (including phenoxy) is 3. The van der Waals surface area contributed by atoms with Crippen LogP contribution < -0.4 is 24.8 Å². The van der Waals surface area contributed by atoms with Gasteiger partial charge in [-0.1, -0.05) is 12.1 Å². The molecule has 1 aromatic heterocycles. The minimum absolute atomic E-state index is 0.0167. The number of rotatable bonds is 7. The molecule has 0 saturated carbocycles. The van der Waals surface area contributed by atoms with Crippen molar-refractivity contribution >= 4 is 39.6 Å². The maximum absolute atomic E-state index is 12.6. The Morgan fingerprint density at radius 2 is 1.52 bits per heavy atom. The number of benzene rings is 1. The fraction of sp³-hybridized carbons (Fsp3) is 0.235. The van der Waals surface area contributed by atoms with Crippen molar-refractivity contribution in [3.8, 4) is 11.8 Å². The quantitative estimate of drug-likeness (QED) is 0.507. The lowest BCUT2D eigenvalue weighted by Gasteiger charge is -2.14. The molecule has 0 bridgehead atoms. The number of nitrogens with one attached hydrogen (secondary N) is 3. The van der Waals surface area contributed by atoms with E-state index in [1.807, 2.05) is 0 Å². The van der Waals surface area contributed by atoms with Crippen molar-refractivity contribution in [2.75, 3.05) is 32.0 Å². The van der Waals surface area contributed by atoms with E-state index in [-0.39, 0.29) is 29.0 Å². The maximum Gasteiger partial charge on any atom is 0.339 e. The van der Waals surface area contributed by atoms with Crippen LogP contribution in [0.2, 0.25) is 0 Å². The van der Waals surface area contributed by atoms with Crippen LogP contribution in [0.3, 0.4) is 0 Å². The molecule has 13 nitrogen and oxygen atoms in total. The molecule has 14 heteroatoms. The molecule has 0 aliphatic carbocycles. The molecule has 0 saturated heterocycles. The standard InChI is InChI=1S/C17H19N5O8S/c1-9(23)18-12-13(28-2)19-16(20-14(12)29-3)21-17(25)22-31(26,27)11-8-6-5-7-10(11)15(24)30-4/h5-8H,1-4H3,(H,18,23)(H2,19,20,21,22,25). The lowest BCUT2D eigenvalue weighted by atomic mass is 10.2. The van der Waals surface area contributed by atoms with Crippen LogP contribution in [0, 0.1) is 0 Å². The van der Waals surface area contributed by atoms with Crippen LogP contribution in [-0.2, 0) is 19.6 Å². The van der Waals surface area contributed by atoms with Gasteiger partial charge in [0.05, 0.1) is 26.9 Å². The first-order valence-electron chi connectivity index (χ1n) is 8.41. The fourth-order valence-corrected chi connectivity index (χ4v) is 3.44. The number of amides is 3. The number of methoxy groups -OCH3 is 3. The van der Waals surface area contributed by atoms with Crippen LogP contribution in [0.1, 0.15) is 17.3 Å². The van der Waals surface area contributed by atoms with Gasteiger partial charge in [-0.25, -0.2) is 22.7 Å². The summed E-state index contributed by atoms with van der Waals surface area (Å²) >= 11 is 0. The molecule has 3 amide bonds. The summed E-state index contributed by atoms with van der Waals surface area (Å²) in [6.45, 7) is 1.25. The van der Waals surface area contributed by atoms with Crippen molar-refractivity contribution in [3.05, 3.63) is 29.8 Å². The number of carbonyl (C=O) groups excluding carboxylic acids is 3. The van der Waals surface area contributed by atoms with Gasteiger partial charge >= 0.3 is 12.0 Å². The first-order chi connectivity index (χ1) is 14.6. The zero-order chi connectivity index (χ0) is 23.2. The summed E-state index contributed by atoms with van der Waals surface area (Å²) < 4.78 is 41.6. The summed E-state index contributed by atoms with van der Waals surface area (Å²) in [7, 11) is -0.857. The van der Waals surface area contributed by atoms with Crippen molar-refractivity contribution in [2.24, 2.45) is 0 Å². The SMILES string of the molecule is COC(=O)c1ccccc1S(=O)(=O)NC(=O)Nc1nc(OC)c(NC(C)=O)c(OC)n1. The number of urea groups is 1. The fourth-order valence-electron chi connectivity index (χ4n) is 2.34. The molecule has 0 aliphatic heterocycles. The van der Waals surface area contributed by atoms with Gasteiger partial charge in [-0.2, -0.15) is 9.97 Å². The Balaban J connectivity index is 2.30. The molecular weight excluding hydrogens is 434 g/mol. The normalized spacial score (nSPS) is 10.6. The number of hydrogen-bond acceptors (Lipinski definition) is 10. The number of esters is 1. The smallest absolute Gasteiger partial charge is 0.339 e. The third-order valence-corrected chi connectivity index (χ3v) is 4.95. The second-order valence-corrected chi connectivity index (χ2v) is 7.32. The molecule has 0 atom stereocenters. The Hall–Kier alpha value is -3.94. The Morgan fingerprint density at radius 1 is 0.935 bits per heavy atom. The van der Waals surface area contributed by atoms with Gasteiger partial charge in [0.15, 0.2) is 5.69 Å². The highest BCUT2D eigenvalue weighted by Crippen LogP contribution is 2.32. The zero-order valence-electron chi connectivity index (χ0n) is 16.9. The predicted molar refractivity (Wildman–Crippen MR) is 107 cm³/mol. The number of aromatic nitrogens is 2. The molecule has 0 unspecified atom stereocenters. The summed E-state index contributed by atoms with van der Waals surface area (Å²) in [4.78, 5) is 42.7. The van der Waals surface area contributed by atoms with E-state index < -0.39 is 32.8 Å². The average molecular weight is 453 g/mol. The van der Waals surface area contributed by atoms with Crippen molar-refractivity contribution in [2.45, 2.75) is 11.8 Å². The summed E-state index contributed by atoms with van der Waals surface area (Å²) in [6, 6.07) is 3.95. The van der Waals surface area contributed by atoms with Gasteiger partial charge in [-0.15, -0.1) is 0 Å². The molecule has 0 fully saturated rings. The van der Waals surface area contributed by atoms with Crippen LogP contribution in [0.5, 0.6) is 11.8 Å². The molecule has 166 valence electrons. The molecule has 1 aromatic carbocycles. The van der Waals surface area contributed by atoms with E-state index in [9.17, 15) is 22.8 Å². The number of hydrogen-bond donors (Lipinski definition) is 3. The molecule has 1 heterocycles. The van der Waals surface area contributed by atoms with Gasteiger partial charge in [0, 0.05) is 6.92 Å². The highest BCUT2D eigenvalue weighted by molar-refractivity contribution is 7.90. The second-order valence-electron chi connectivity index (χ2n) is 5.67. The summed E-state index contributed by atoms with van der Waals surface area (Å²) in [5.41, 5.74) is -0.243. The van der Waals surface area contributed by atoms with Gasteiger partial charge in [-0.3, -0.25) is 10.1 Å². The third kappa shape index (κ3) is 5.57. The topological polar surface area (TPSA) is 175 Å². The molecule has 2 aromatic rings. The van der Waals surface area contributed by atoms with Gasteiger partial charge in [-0.05, 0) is 12.1 Å². The lowest BCUT2D eigenvalue weighted by molar-refractivity contribution is -0.114. The van der Waals surface area contributed by atoms with Crippen molar-refractivity contribution in [3.63, 3.8) is 0 Å². The number of carbonyl (C=O) groups is 3. The summed E-state index contributed by atoms with van der Waals surface area (Å²) in [5, 5.41) is 4.54. The minimum Gasteiger partial charge on any atom is -0.479 e. The van der Waals surface area contributed by atoms with Crippen LogP contribution >= 0.6 is 0 Å². The van der Waals surface area contributed by atoms with Crippen LogP contribution in [0.25, 0.3) is 0 Å². The van der Waals surface area contributed by atoms with Crippen molar-refractivity contribution in [1.29, 1.82) is 0 Å². The highest BCUT2D eigenvalue weighted by Gasteiger charge is 2.25. The van der Waals surface area contributed by atoms with Gasteiger partial charge < -0.3 is 19.5 Å². The Bertz CT molecular complexity index is 1090. The summed E-state index contributed by atoms with van der Waals surface area (Å²) in [5.74, 6) is -2.01. The van der Waals surface area contributed by atoms with Crippen LogP contribution in [0.15, 0.2) is 29.2 Å². The van der Waals surface area contributed by atoms with Gasteiger partial charge in [0.2, 0.25) is 23.6 Å². The predicted octanol–water partition coefficient (Wildman–Crippen LogP) is 0.749. The maximum atomic E-state index is 12.6. The van der Waals surface area contributed by atoms with E-state index in [0.29, 0.717) is 0 Å². The molecule has 2 rings (SSSR count). The highest BCUT2D eigenvalue weighted by atomic mass is 32.2. The number of sulfonamides is 1. The number of anilines is 2. The largest absolute Gasteiger partial charge is 0.479 e. The minimum atomic E-state index is -4.46. The van der Waals surface area contributed by atoms with Gasteiger partial charge in [0.1, 0.15) is 4.90 Å². The van der Waals surface area contributed by atoms with Crippen LogP contribution in [-0.4, -0.2) is 57.6 Å². The zero-order valence-corrected chi connectivity index (χ0v) is 17.7. The number of nitrogens with zero attached hydrogens (tertiary/aromatic N) is 2. The van der Waals surface area contributed by atoms with Gasteiger partial charge in [0.25, 0.3) is 10.0 Å². The van der Waals surface area contributed by atoms with E-state index >= 15 is 0 Å². The molecule has 3 N–H and O–H groups in total. The monoisotopic (exact) mass is 453 g/mol. The first-order valence-corrected chi connectivity index (χ1v) is 9.90. The Labute approximate surface area is 177 Å². The average Bonchev–Trinajstić information content (AvgIpc) is 2.73. The van der Waals surface area contributed by atoms with E-state index in [2.05, 4.69) is 25.3 Å². The van der Waals surface area contributed by atoms with E-state index in [1.165, 1.54) is 39.3 Å². The van der Waals surface area contributed by atoms with Crippen molar-refractivity contribution < 1.29 is 37.0 Å². The molecule has 31 heavy (non-hydrogen) atoms. The van der Waals surface area contributed by atoms with Crippen molar-refractivity contribution in [1.82, 2.24) is 14.7 Å². The van der Waals surface area contributed by atoms with Crippen LogP contribution in [0.4, 0.5) is 16.4 Å². The first kappa shape index (κ1) is 23.3. The van der Waals surface area contributed by atoms with E-state index in [1.54, 1.807) is 4.72 Å². The van der Waals surface area contributed by atoms with E-state index in [0.717, 1.165) is 13.2 Å². The Kier molecular flexibility index (Phi) is 7.31. The molecule has 0 radical (unpaired) electrons. The molecular formula is C17H19N5O8S.